The summed E-state index contributed by atoms with van der Waals surface area (Å²) in [6, 6.07) is 57.4. The van der Waals surface area contributed by atoms with Crippen LogP contribution in [0.3, 0.4) is 0 Å². The summed E-state index contributed by atoms with van der Waals surface area (Å²) in [5.41, 5.74) is 14.6. The minimum absolute atomic E-state index is 0.0285. The van der Waals surface area contributed by atoms with E-state index < -0.39 is 5.41 Å². The lowest BCUT2D eigenvalue weighted by Crippen LogP contribution is -2.28. The Morgan fingerprint density at radius 2 is 0.964 bits per heavy atom. The predicted molar refractivity (Wildman–Crippen MR) is 228 cm³/mol. The number of nitro groups is 1. The van der Waals surface area contributed by atoms with E-state index in [-0.39, 0.29) is 21.4 Å². The molecule has 55 heavy (non-hydrogen) atoms. The number of nitrogens with one attached hydrogen (secondary N) is 1. The fourth-order valence-corrected chi connectivity index (χ4v) is 8.30. The molecular weight excluding hydrogens is 673 g/mol. The number of nitro benzene ring substituents is 1. The average molecular weight is 719 g/mol. The van der Waals surface area contributed by atoms with Gasteiger partial charge in [-0.05, 0) is 72.5 Å². The van der Waals surface area contributed by atoms with Gasteiger partial charge in [0.2, 0.25) is 0 Å². The Kier molecular flexibility index (Phi) is 8.81. The largest absolute Gasteiger partial charge is 0.349 e. The lowest BCUT2D eigenvalue weighted by atomic mass is 9.67. The summed E-state index contributed by atoms with van der Waals surface area (Å²) in [5, 5.41) is 15.9. The van der Waals surface area contributed by atoms with Crippen molar-refractivity contribution in [3.8, 4) is 33.4 Å². The number of fused-ring (bicyclic) bond motifs is 3. The molecule has 1 N–H and O–H groups in total. The highest BCUT2D eigenvalue weighted by Crippen LogP contribution is 2.56. The second-order valence-corrected chi connectivity index (χ2v) is 16.7. The van der Waals surface area contributed by atoms with Gasteiger partial charge in [0.05, 0.1) is 16.0 Å². The molecule has 1 aliphatic carbocycles. The fraction of sp³-hybridized carbons (Fsp3) is 0.176. The molecule has 0 atom stereocenters. The summed E-state index contributed by atoms with van der Waals surface area (Å²) in [7, 11) is 0. The summed E-state index contributed by atoms with van der Waals surface area (Å²) in [5.74, 6) is 0. The molecule has 0 fully saturated rings. The van der Waals surface area contributed by atoms with Crippen LogP contribution in [0.5, 0.6) is 0 Å². The Labute approximate surface area is 324 Å². The van der Waals surface area contributed by atoms with Crippen LogP contribution in [0.25, 0.3) is 33.4 Å². The number of hydrogen-bond donors (Lipinski definition) is 1. The van der Waals surface area contributed by atoms with Crippen LogP contribution in [0.4, 0.5) is 17.1 Å². The Morgan fingerprint density at radius 1 is 0.491 bits per heavy atom. The zero-order valence-corrected chi connectivity index (χ0v) is 32.4. The van der Waals surface area contributed by atoms with Crippen molar-refractivity contribution in [3.63, 3.8) is 0 Å². The topological polar surface area (TPSA) is 55.2 Å². The molecule has 0 amide bonds. The highest BCUT2D eigenvalue weighted by molar-refractivity contribution is 5.94. The van der Waals surface area contributed by atoms with Crippen LogP contribution in [-0.4, -0.2) is 4.92 Å². The van der Waals surface area contributed by atoms with Gasteiger partial charge in [0.15, 0.2) is 0 Å². The van der Waals surface area contributed by atoms with Gasteiger partial charge in [-0.25, -0.2) is 0 Å². The zero-order chi connectivity index (χ0) is 38.5. The minimum atomic E-state index is -0.503. The molecule has 0 heterocycles. The van der Waals surface area contributed by atoms with Crippen LogP contribution in [0.15, 0.2) is 164 Å². The molecule has 0 unspecified atom stereocenters. The van der Waals surface area contributed by atoms with Gasteiger partial charge in [0.25, 0.3) is 5.69 Å². The van der Waals surface area contributed by atoms with Crippen LogP contribution in [0, 0.1) is 10.1 Å². The second-order valence-electron chi connectivity index (χ2n) is 16.7. The van der Waals surface area contributed by atoms with E-state index in [9.17, 15) is 10.1 Å². The van der Waals surface area contributed by atoms with Crippen molar-refractivity contribution in [1.82, 2.24) is 0 Å². The predicted octanol–water partition coefficient (Wildman–Crippen LogP) is 13.6. The van der Waals surface area contributed by atoms with E-state index in [0.29, 0.717) is 5.69 Å². The zero-order valence-electron chi connectivity index (χ0n) is 32.4. The van der Waals surface area contributed by atoms with Crippen molar-refractivity contribution in [2.45, 2.75) is 57.8 Å². The van der Waals surface area contributed by atoms with Gasteiger partial charge in [0.1, 0.15) is 5.69 Å². The summed E-state index contributed by atoms with van der Waals surface area (Å²) < 4.78 is 0. The minimum Gasteiger partial charge on any atom is -0.349 e. The van der Waals surface area contributed by atoms with E-state index in [0.717, 1.165) is 27.9 Å². The lowest BCUT2D eigenvalue weighted by Gasteiger charge is -2.34. The van der Waals surface area contributed by atoms with Crippen LogP contribution < -0.4 is 5.32 Å². The van der Waals surface area contributed by atoms with Crippen molar-refractivity contribution in [2.75, 3.05) is 5.32 Å². The van der Waals surface area contributed by atoms with Crippen LogP contribution >= 0.6 is 0 Å². The maximum atomic E-state index is 12.3. The highest BCUT2D eigenvalue weighted by Gasteiger charge is 2.45. The number of hydrogen-bond acceptors (Lipinski definition) is 3. The fourth-order valence-electron chi connectivity index (χ4n) is 8.30. The molecule has 8 rings (SSSR count). The molecule has 7 aromatic rings. The third kappa shape index (κ3) is 6.22. The lowest BCUT2D eigenvalue weighted by molar-refractivity contribution is -0.383. The van der Waals surface area contributed by atoms with Crippen LogP contribution in [-0.2, 0) is 16.2 Å². The third-order valence-electron chi connectivity index (χ3n) is 11.2. The number of anilines is 2. The van der Waals surface area contributed by atoms with E-state index in [1.54, 1.807) is 18.2 Å². The van der Waals surface area contributed by atoms with Crippen molar-refractivity contribution < 1.29 is 4.92 Å². The maximum Gasteiger partial charge on any atom is 0.292 e. The van der Waals surface area contributed by atoms with Crippen molar-refractivity contribution >= 4 is 17.1 Å². The van der Waals surface area contributed by atoms with E-state index in [1.165, 1.54) is 44.5 Å². The van der Waals surface area contributed by atoms with Gasteiger partial charge < -0.3 is 5.32 Å². The molecule has 4 nitrogen and oxygen atoms in total. The first-order chi connectivity index (χ1) is 26.4. The van der Waals surface area contributed by atoms with E-state index in [1.807, 2.05) is 6.07 Å². The molecular formula is C51H46N2O2. The summed E-state index contributed by atoms with van der Waals surface area (Å²) in [6.07, 6.45) is 0. The molecule has 4 heteroatoms. The second kappa shape index (κ2) is 13.5. The van der Waals surface area contributed by atoms with Crippen molar-refractivity contribution in [1.29, 1.82) is 0 Å². The molecule has 0 radical (unpaired) electrons. The van der Waals surface area contributed by atoms with Gasteiger partial charge in [-0.15, -0.1) is 0 Å². The first-order valence-corrected chi connectivity index (χ1v) is 19.0. The molecule has 0 aliphatic heterocycles. The highest BCUT2D eigenvalue weighted by atomic mass is 16.6. The first-order valence-electron chi connectivity index (χ1n) is 19.0. The van der Waals surface area contributed by atoms with Gasteiger partial charge >= 0.3 is 0 Å². The molecule has 0 saturated heterocycles. The molecule has 0 spiro atoms. The van der Waals surface area contributed by atoms with E-state index >= 15 is 0 Å². The maximum absolute atomic E-state index is 12.3. The van der Waals surface area contributed by atoms with Gasteiger partial charge in [-0.2, -0.15) is 0 Å². The number of rotatable bonds is 7. The monoisotopic (exact) mass is 718 g/mol. The molecule has 0 bridgehead atoms. The quantitative estimate of drug-likeness (QED) is 0.132. The number of nitrogens with zero attached hydrogens (tertiary/aromatic N) is 1. The molecule has 272 valence electrons. The van der Waals surface area contributed by atoms with Crippen molar-refractivity contribution in [2.24, 2.45) is 0 Å². The molecule has 0 saturated carbocycles. The molecule has 0 aromatic heterocycles. The standard InChI is InChI=1S/C51H46N2O2/c1-49(2,3)38-31-35(32-39(33-38)50(4,5)6)41-22-16-21-40(48(41)52-46-25-14-15-26-47(46)53(54)55)34-27-29-37(30-28-34)51(36-17-8-7-9-18-36)44-23-12-10-19-42(44)43-20-11-13-24-45(43)51/h7-33,52H,1-6H3. The smallest absolute Gasteiger partial charge is 0.292 e. The SMILES string of the molecule is CC(C)(C)c1cc(-c2cccc(-c3ccc(C4(c5ccccc5)c5ccccc5-c5ccccc54)cc3)c2Nc2ccccc2[N+](=O)[O-])cc(C(C)(C)C)c1. The Hall–Kier alpha value is -6.26. The number of benzene rings is 7. The van der Waals surface area contributed by atoms with Crippen molar-refractivity contribution in [3.05, 3.63) is 207 Å². The van der Waals surface area contributed by atoms with Crippen LogP contribution in [0.2, 0.25) is 0 Å². The Balaban J connectivity index is 1.35. The Morgan fingerprint density at radius 3 is 1.53 bits per heavy atom. The van der Waals surface area contributed by atoms with Gasteiger partial charge in [0, 0.05) is 17.2 Å². The Bertz CT molecular complexity index is 2480. The molecule has 1 aliphatic rings. The van der Waals surface area contributed by atoms with Gasteiger partial charge in [-0.3, -0.25) is 10.1 Å². The van der Waals surface area contributed by atoms with E-state index in [4.69, 9.17) is 0 Å². The van der Waals surface area contributed by atoms with E-state index in [2.05, 4.69) is 186 Å². The first kappa shape index (κ1) is 35.8. The number of para-hydroxylation sites is 3. The van der Waals surface area contributed by atoms with Gasteiger partial charge in [-0.1, -0.05) is 193 Å². The summed E-state index contributed by atoms with van der Waals surface area (Å²) >= 11 is 0. The van der Waals surface area contributed by atoms with Crippen LogP contribution in [0.1, 0.15) is 74.9 Å². The third-order valence-corrected chi connectivity index (χ3v) is 11.2. The molecule has 7 aromatic carbocycles. The summed E-state index contributed by atoms with van der Waals surface area (Å²) in [6.45, 7) is 13.5. The summed E-state index contributed by atoms with van der Waals surface area (Å²) in [4.78, 5) is 12.0. The normalized spacial score (nSPS) is 13.2. The average Bonchev–Trinajstić information content (AvgIpc) is 3.49.